The van der Waals surface area contributed by atoms with E-state index >= 15 is 0 Å². The number of rotatable bonds is 6. The third kappa shape index (κ3) is 4.91. The van der Waals surface area contributed by atoms with Crippen molar-refractivity contribution < 1.29 is 5.21 Å². The van der Waals surface area contributed by atoms with Crippen LogP contribution >= 0.6 is 0 Å². The number of oxime groups is 1. The van der Waals surface area contributed by atoms with Crippen molar-refractivity contribution in [3.63, 3.8) is 0 Å². The Bertz CT molecular complexity index is 239. The molecule has 0 amide bonds. The van der Waals surface area contributed by atoms with Crippen LogP contribution < -0.4 is 11.1 Å². The second-order valence-electron chi connectivity index (χ2n) is 4.91. The minimum atomic E-state index is -0.0280. The fourth-order valence-electron chi connectivity index (χ4n) is 2.41. The molecular weight excluding hydrogens is 216 g/mol. The number of nitrogens with two attached hydrogens (primary N) is 1. The summed E-state index contributed by atoms with van der Waals surface area (Å²) in [6.45, 7) is 7.62. The molecule has 0 aromatic carbocycles. The normalized spacial score (nSPS) is 22.4. The topological polar surface area (TPSA) is 73.9 Å². The lowest BCUT2D eigenvalue weighted by atomic mass is 10.1. The number of nitrogens with zero attached hydrogens (tertiary/aromatic N) is 2. The molecule has 5 heteroatoms. The number of likely N-dealkylation sites (tertiary alicyclic amines) is 1. The van der Waals surface area contributed by atoms with Crippen molar-refractivity contribution >= 4 is 5.84 Å². The SMILES string of the molecule is CCC(NC(C)CN1CCCCC1)C(N)=NO. The Balaban J connectivity index is 2.33. The zero-order valence-corrected chi connectivity index (χ0v) is 11.0. The second kappa shape index (κ2) is 7.50. The maximum atomic E-state index is 8.68. The predicted molar refractivity (Wildman–Crippen MR) is 70.4 cm³/mol. The van der Waals surface area contributed by atoms with Crippen molar-refractivity contribution in [3.8, 4) is 0 Å². The molecule has 2 atom stereocenters. The number of hydrogen-bond acceptors (Lipinski definition) is 4. The summed E-state index contributed by atoms with van der Waals surface area (Å²) >= 11 is 0. The lowest BCUT2D eigenvalue weighted by molar-refractivity contribution is 0.206. The first-order chi connectivity index (χ1) is 8.17. The third-order valence-corrected chi connectivity index (χ3v) is 3.35. The molecule has 0 radical (unpaired) electrons. The number of nitrogens with one attached hydrogen (secondary N) is 1. The molecule has 0 aliphatic carbocycles. The number of hydrogen-bond donors (Lipinski definition) is 3. The van der Waals surface area contributed by atoms with Crippen LogP contribution in [0.15, 0.2) is 5.16 Å². The summed E-state index contributed by atoms with van der Waals surface area (Å²) in [5.74, 6) is 0.276. The molecule has 1 saturated heterocycles. The molecule has 1 aliphatic rings. The van der Waals surface area contributed by atoms with Crippen molar-refractivity contribution in [2.75, 3.05) is 19.6 Å². The van der Waals surface area contributed by atoms with Gasteiger partial charge in [0.1, 0.15) is 0 Å². The predicted octanol–water partition coefficient (Wildman–Crippen LogP) is 0.975. The molecule has 0 saturated carbocycles. The highest BCUT2D eigenvalue weighted by atomic mass is 16.4. The first-order valence-electron chi connectivity index (χ1n) is 6.63. The summed E-state index contributed by atoms with van der Waals surface area (Å²) in [6.07, 6.45) is 4.81. The van der Waals surface area contributed by atoms with E-state index in [0.717, 1.165) is 13.0 Å². The number of piperidine rings is 1. The zero-order chi connectivity index (χ0) is 12.7. The lowest BCUT2D eigenvalue weighted by Gasteiger charge is -2.31. The van der Waals surface area contributed by atoms with E-state index in [2.05, 4.69) is 22.3 Å². The van der Waals surface area contributed by atoms with Crippen molar-refractivity contribution in [3.05, 3.63) is 0 Å². The highest BCUT2D eigenvalue weighted by Crippen LogP contribution is 2.09. The molecule has 0 aromatic rings. The first-order valence-corrected chi connectivity index (χ1v) is 6.63. The van der Waals surface area contributed by atoms with Gasteiger partial charge in [-0.2, -0.15) is 0 Å². The van der Waals surface area contributed by atoms with E-state index < -0.39 is 0 Å². The Morgan fingerprint density at radius 3 is 2.59 bits per heavy atom. The van der Waals surface area contributed by atoms with Crippen molar-refractivity contribution in [1.29, 1.82) is 0 Å². The van der Waals surface area contributed by atoms with Crippen LogP contribution in [0.3, 0.4) is 0 Å². The van der Waals surface area contributed by atoms with Crippen molar-refractivity contribution in [2.24, 2.45) is 10.9 Å². The zero-order valence-electron chi connectivity index (χ0n) is 11.0. The molecular formula is C12H26N4O. The molecule has 0 spiro atoms. The van der Waals surface area contributed by atoms with Crippen LogP contribution in [0.5, 0.6) is 0 Å². The van der Waals surface area contributed by atoms with Gasteiger partial charge in [0.2, 0.25) is 0 Å². The largest absolute Gasteiger partial charge is 0.409 e. The number of amidine groups is 1. The summed E-state index contributed by atoms with van der Waals surface area (Å²) in [4.78, 5) is 2.49. The summed E-state index contributed by atoms with van der Waals surface area (Å²) < 4.78 is 0. The molecule has 0 aromatic heterocycles. The molecule has 1 fully saturated rings. The summed E-state index contributed by atoms with van der Waals surface area (Å²) in [7, 11) is 0. The Morgan fingerprint density at radius 1 is 1.41 bits per heavy atom. The van der Waals surface area contributed by atoms with Gasteiger partial charge in [0.25, 0.3) is 0 Å². The van der Waals surface area contributed by atoms with E-state index in [4.69, 9.17) is 10.9 Å². The Morgan fingerprint density at radius 2 is 2.06 bits per heavy atom. The van der Waals surface area contributed by atoms with Gasteiger partial charge < -0.3 is 21.2 Å². The molecule has 0 bridgehead atoms. The fourth-order valence-corrected chi connectivity index (χ4v) is 2.41. The monoisotopic (exact) mass is 242 g/mol. The van der Waals surface area contributed by atoms with Gasteiger partial charge in [-0.15, -0.1) is 0 Å². The van der Waals surface area contributed by atoms with Gasteiger partial charge in [0.05, 0.1) is 6.04 Å². The quantitative estimate of drug-likeness (QED) is 0.281. The first kappa shape index (κ1) is 14.3. The molecule has 2 unspecified atom stereocenters. The second-order valence-corrected chi connectivity index (χ2v) is 4.91. The smallest absolute Gasteiger partial charge is 0.156 e. The van der Waals surface area contributed by atoms with Crippen LogP contribution in [0, 0.1) is 0 Å². The van der Waals surface area contributed by atoms with Crippen LogP contribution in [0.4, 0.5) is 0 Å². The molecule has 17 heavy (non-hydrogen) atoms. The van der Waals surface area contributed by atoms with E-state index in [9.17, 15) is 0 Å². The highest BCUT2D eigenvalue weighted by Gasteiger charge is 2.17. The average molecular weight is 242 g/mol. The highest BCUT2D eigenvalue weighted by molar-refractivity contribution is 5.85. The Kier molecular flexibility index (Phi) is 6.29. The molecule has 100 valence electrons. The molecule has 1 aliphatic heterocycles. The molecule has 1 rings (SSSR count). The fraction of sp³-hybridized carbons (Fsp3) is 0.917. The lowest BCUT2D eigenvalue weighted by Crippen LogP contribution is -2.49. The molecule has 1 heterocycles. The summed E-state index contributed by atoms with van der Waals surface area (Å²) in [6, 6.07) is 0.332. The van der Waals surface area contributed by atoms with Gasteiger partial charge in [-0.3, -0.25) is 0 Å². The van der Waals surface area contributed by atoms with Gasteiger partial charge in [0, 0.05) is 12.6 Å². The van der Waals surface area contributed by atoms with E-state index in [-0.39, 0.29) is 11.9 Å². The van der Waals surface area contributed by atoms with Gasteiger partial charge in [0.15, 0.2) is 5.84 Å². The minimum Gasteiger partial charge on any atom is -0.409 e. The summed E-state index contributed by atoms with van der Waals surface area (Å²) in [5, 5.41) is 15.2. The standard InChI is InChI=1S/C12H26N4O/c1-3-11(12(13)15-17)14-10(2)9-16-7-5-4-6-8-16/h10-11,14,17H,3-9H2,1-2H3,(H2,13,15). The van der Waals surface area contributed by atoms with Crippen LogP contribution in [0.1, 0.15) is 39.5 Å². The Hall–Kier alpha value is -0.810. The maximum Gasteiger partial charge on any atom is 0.156 e. The van der Waals surface area contributed by atoms with Crippen molar-refractivity contribution in [2.45, 2.75) is 51.6 Å². The van der Waals surface area contributed by atoms with E-state index in [1.807, 2.05) is 6.92 Å². The van der Waals surface area contributed by atoms with E-state index in [0.29, 0.717) is 6.04 Å². The van der Waals surface area contributed by atoms with E-state index in [1.54, 1.807) is 0 Å². The maximum absolute atomic E-state index is 8.68. The van der Waals surface area contributed by atoms with Gasteiger partial charge in [-0.25, -0.2) is 0 Å². The van der Waals surface area contributed by atoms with Crippen molar-refractivity contribution in [1.82, 2.24) is 10.2 Å². The van der Waals surface area contributed by atoms with Crippen LogP contribution in [0.25, 0.3) is 0 Å². The average Bonchev–Trinajstić information content (AvgIpc) is 2.36. The minimum absolute atomic E-state index is 0.0280. The Labute approximate surface area is 104 Å². The van der Waals surface area contributed by atoms with Crippen LogP contribution in [-0.2, 0) is 0 Å². The molecule has 4 N–H and O–H groups in total. The van der Waals surface area contributed by atoms with Gasteiger partial charge >= 0.3 is 0 Å². The van der Waals surface area contributed by atoms with E-state index in [1.165, 1.54) is 32.4 Å². The van der Waals surface area contributed by atoms with Gasteiger partial charge in [-0.1, -0.05) is 18.5 Å². The van der Waals surface area contributed by atoms with Crippen LogP contribution in [0.2, 0.25) is 0 Å². The third-order valence-electron chi connectivity index (χ3n) is 3.35. The molecule has 5 nitrogen and oxygen atoms in total. The van der Waals surface area contributed by atoms with Crippen LogP contribution in [-0.4, -0.2) is 47.7 Å². The summed E-state index contributed by atoms with van der Waals surface area (Å²) in [5.41, 5.74) is 5.63. The van der Waals surface area contributed by atoms with Gasteiger partial charge in [-0.05, 0) is 39.3 Å².